The van der Waals surface area contributed by atoms with Crippen molar-refractivity contribution in [2.24, 2.45) is 0 Å². The highest BCUT2D eigenvalue weighted by Crippen LogP contribution is 2.07. The van der Waals surface area contributed by atoms with Crippen LogP contribution in [0.25, 0.3) is 0 Å². The van der Waals surface area contributed by atoms with Gasteiger partial charge in [-0.25, -0.2) is 4.79 Å². The average Bonchev–Trinajstić information content (AvgIpc) is 1.85. The molecule has 1 unspecified atom stereocenters. The number of carboxylic acids is 1. The number of aliphatic carboxylic acids is 1. The monoisotopic (exact) mass is 162 g/mol. The molecular formula is C6H10O5. The first kappa shape index (κ1) is 10.1. The van der Waals surface area contributed by atoms with Gasteiger partial charge in [0.2, 0.25) is 11.4 Å². The zero-order valence-corrected chi connectivity index (χ0v) is 6.24. The molecule has 0 radical (unpaired) electrons. The molecule has 0 aliphatic carbocycles. The van der Waals surface area contributed by atoms with Crippen molar-refractivity contribution in [1.82, 2.24) is 0 Å². The molecule has 0 aliphatic rings. The SMILES string of the molecule is CC(O)C(=O)[C@@](C)(O)C(=O)O. The third-order valence-electron chi connectivity index (χ3n) is 1.28. The summed E-state index contributed by atoms with van der Waals surface area (Å²) in [6.07, 6.45) is -1.47. The fraction of sp³-hybridized carbons (Fsp3) is 0.667. The summed E-state index contributed by atoms with van der Waals surface area (Å²) in [6, 6.07) is 0. The molecule has 0 amide bonds. The number of carboxylic acid groups (broad SMARTS) is 1. The van der Waals surface area contributed by atoms with Gasteiger partial charge in [-0.05, 0) is 13.8 Å². The minimum atomic E-state index is -2.49. The lowest BCUT2D eigenvalue weighted by molar-refractivity contribution is -0.166. The topological polar surface area (TPSA) is 94.8 Å². The van der Waals surface area contributed by atoms with Crippen LogP contribution in [-0.4, -0.2) is 38.8 Å². The predicted octanol–water partition coefficient (Wildman–Crippen LogP) is -1.23. The number of Topliss-reactive ketones (excluding diaryl/α,β-unsaturated/α-hetero) is 1. The highest BCUT2D eigenvalue weighted by molar-refractivity contribution is 6.07. The van der Waals surface area contributed by atoms with E-state index in [1.54, 1.807) is 0 Å². The zero-order chi connectivity index (χ0) is 9.23. The van der Waals surface area contributed by atoms with Crippen LogP contribution in [0.1, 0.15) is 13.8 Å². The van der Waals surface area contributed by atoms with Gasteiger partial charge in [0.05, 0.1) is 0 Å². The molecule has 3 N–H and O–H groups in total. The first-order valence-corrected chi connectivity index (χ1v) is 2.98. The summed E-state index contributed by atoms with van der Waals surface area (Å²) < 4.78 is 0. The van der Waals surface area contributed by atoms with Gasteiger partial charge in [0.25, 0.3) is 0 Å². The minimum Gasteiger partial charge on any atom is -0.479 e. The van der Waals surface area contributed by atoms with E-state index in [1.165, 1.54) is 0 Å². The Balaban J connectivity index is 4.56. The van der Waals surface area contributed by atoms with Crippen molar-refractivity contribution >= 4 is 11.8 Å². The maximum atomic E-state index is 10.7. The number of carbonyl (C=O) groups is 2. The molecule has 0 aliphatic heterocycles. The summed E-state index contributed by atoms with van der Waals surface area (Å²) in [5, 5.41) is 25.8. The molecule has 0 aromatic heterocycles. The maximum absolute atomic E-state index is 10.7. The van der Waals surface area contributed by atoms with Gasteiger partial charge in [-0.3, -0.25) is 4.79 Å². The molecule has 0 heterocycles. The van der Waals surface area contributed by atoms with Crippen LogP contribution in [0.3, 0.4) is 0 Å². The summed E-state index contributed by atoms with van der Waals surface area (Å²) in [6.45, 7) is 1.92. The fourth-order valence-electron chi connectivity index (χ4n) is 0.512. The Bertz CT molecular complexity index is 181. The Morgan fingerprint density at radius 2 is 1.82 bits per heavy atom. The van der Waals surface area contributed by atoms with E-state index in [9.17, 15) is 9.59 Å². The number of aliphatic hydroxyl groups excluding tert-OH is 1. The standard InChI is InChI=1S/C6H10O5/c1-3(7)4(8)6(2,11)5(9)10/h3,7,11H,1-2H3,(H,9,10)/t3?,6-/m1/s1. The lowest BCUT2D eigenvalue weighted by Gasteiger charge is -2.17. The predicted molar refractivity (Wildman–Crippen MR) is 34.9 cm³/mol. The van der Waals surface area contributed by atoms with Gasteiger partial charge in [0, 0.05) is 0 Å². The average molecular weight is 162 g/mol. The van der Waals surface area contributed by atoms with E-state index >= 15 is 0 Å². The van der Waals surface area contributed by atoms with Gasteiger partial charge < -0.3 is 15.3 Å². The van der Waals surface area contributed by atoms with Crippen LogP contribution in [0.15, 0.2) is 0 Å². The van der Waals surface area contributed by atoms with E-state index in [0.717, 1.165) is 13.8 Å². The molecule has 11 heavy (non-hydrogen) atoms. The molecule has 64 valence electrons. The summed E-state index contributed by atoms with van der Waals surface area (Å²) in [5.41, 5.74) is -2.49. The van der Waals surface area contributed by atoms with Crippen LogP contribution >= 0.6 is 0 Å². The van der Waals surface area contributed by atoms with Crippen LogP contribution in [0.5, 0.6) is 0 Å². The highest BCUT2D eigenvalue weighted by Gasteiger charge is 2.40. The Hall–Kier alpha value is -0.940. The van der Waals surface area contributed by atoms with Crippen molar-refractivity contribution in [2.45, 2.75) is 25.6 Å². The van der Waals surface area contributed by atoms with E-state index in [4.69, 9.17) is 15.3 Å². The van der Waals surface area contributed by atoms with E-state index in [0.29, 0.717) is 0 Å². The smallest absolute Gasteiger partial charge is 0.343 e. The summed E-state index contributed by atoms with van der Waals surface area (Å²) in [4.78, 5) is 20.9. The molecule has 0 fully saturated rings. The van der Waals surface area contributed by atoms with Crippen molar-refractivity contribution in [2.75, 3.05) is 0 Å². The van der Waals surface area contributed by atoms with E-state index < -0.39 is 23.5 Å². The minimum absolute atomic E-state index is 0.824. The second-order valence-corrected chi connectivity index (χ2v) is 2.42. The Kier molecular flexibility index (Phi) is 2.72. The summed E-state index contributed by atoms with van der Waals surface area (Å²) in [7, 11) is 0. The highest BCUT2D eigenvalue weighted by atomic mass is 16.4. The molecule has 5 nitrogen and oxygen atoms in total. The van der Waals surface area contributed by atoms with Gasteiger partial charge in [-0.2, -0.15) is 0 Å². The molecule has 5 heteroatoms. The molecular weight excluding hydrogens is 152 g/mol. The maximum Gasteiger partial charge on any atom is 0.343 e. The number of aliphatic hydroxyl groups is 2. The number of hydrogen-bond donors (Lipinski definition) is 3. The molecule has 0 saturated heterocycles. The van der Waals surface area contributed by atoms with Crippen molar-refractivity contribution in [3.63, 3.8) is 0 Å². The third kappa shape index (κ3) is 1.99. The van der Waals surface area contributed by atoms with Crippen LogP contribution in [0.2, 0.25) is 0 Å². The second kappa shape index (κ2) is 2.98. The van der Waals surface area contributed by atoms with Crippen molar-refractivity contribution in [1.29, 1.82) is 0 Å². The largest absolute Gasteiger partial charge is 0.479 e. The lowest BCUT2D eigenvalue weighted by Crippen LogP contribution is -2.48. The number of carbonyl (C=O) groups excluding carboxylic acids is 1. The van der Waals surface area contributed by atoms with Gasteiger partial charge in [0.15, 0.2) is 0 Å². The molecule has 0 aromatic carbocycles. The van der Waals surface area contributed by atoms with Gasteiger partial charge in [-0.15, -0.1) is 0 Å². The van der Waals surface area contributed by atoms with Crippen LogP contribution in [-0.2, 0) is 9.59 Å². The molecule has 0 bridgehead atoms. The van der Waals surface area contributed by atoms with E-state index in [1.807, 2.05) is 0 Å². The van der Waals surface area contributed by atoms with Gasteiger partial charge >= 0.3 is 5.97 Å². The molecule has 0 spiro atoms. The van der Waals surface area contributed by atoms with Crippen molar-refractivity contribution < 1.29 is 24.9 Å². The fourth-order valence-corrected chi connectivity index (χ4v) is 0.512. The molecule has 2 atom stereocenters. The van der Waals surface area contributed by atoms with E-state index in [-0.39, 0.29) is 0 Å². The van der Waals surface area contributed by atoms with Crippen LogP contribution in [0, 0.1) is 0 Å². The quantitative estimate of drug-likeness (QED) is 0.452. The first-order valence-electron chi connectivity index (χ1n) is 2.98. The third-order valence-corrected chi connectivity index (χ3v) is 1.28. The Morgan fingerprint density at radius 3 is 1.91 bits per heavy atom. The normalized spacial score (nSPS) is 18.5. The van der Waals surface area contributed by atoms with Crippen molar-refractivity contribution in [3.05, 3.63) is 0 Å². The second-order valence-electron chi connectivity index (χ2n) is 2.42. The lowest BCUT2D eigenvalue weighted by atomic mass is 9.98. The van der Waals surface area contributed by atoms with E-state index in [2.05, 4.69) is 0 Å². The molecule has 0 saturated carbocycles. The number of ketones is 1. The zero-order valence-electron chi connectivity index (χ0n) is 6.24. The van der Waals surface area contributed by atoms with Gasteiger partial charge in [-0.1, -0.05) is 0 Å². The van der Waals surface area contributed by atoms with Gasteiger partial charge in [0.1, 0.15) is 6.10 Å². The van der Waals surface area contributed by atoms with Crippen LogP contribution in [0.4, 0.5) is 0 Å². The first-order chi connectivity index (χ1) is 4.80. The molecule has 0 aromatic rings. The summed E-state index contributed by atoms with van der Waals surface area (Å²) in [5.74, 6) is -2.78. The summed E-state index contributed by atoms with van der Waals surface area (Å²) >= 11 is 0. The van der Waals surface area contributed by atoms with Crippen LogP contribution < -0.4 is 0 Å². The molecule has 0 rings (SSSR count). The number of hydrogen-bond acceptors (Lipinski definition) is 4. The Morgan fingerprint density at radius 1 is 1.45 bits per heavy atom. The Labute approximate surface area is 63.3 Å². The number of rotatable bonds is 3. The van der Waals surface area contributed by atoms with Crippen molar-refractivity contribution in [3.8, 4) is 0 Å².